The highest BCUT2D eigenvalue weighted by atomic mass is 15.3. The van der Waals surface area contributed by atoms with Crippen molar-refractivity contribution in [2.75, 3.05) is 13.1 Å². The number of nitrogens with one attached hydrogen (secondary N) is 1. The lowest BCUT2D eigenvalue weighted by Crippen LogP contribution is -2.61. The predicted molar refractivity (Wildman–Crippen MR) is 68.6 cm³/mol. The fourth-order valence-electron chi connectivity index (χ4n) is 2.31. The molecule has 1 fully saturated rings. The van der Waals surface area contributed by atoms with Crippen LogP contribution < -0.4 is 5.32 Å². The van der Waals surface area contributed by atoms with Crippen LogP contribution in [0.2, 0.25) is 0 Å². The Morgan fingerprint density at radius 1 is 1.47 bits per heavy atom. The maximum atomic E-state index is 4.32. The molecule has 0 spiro atoms. The van der Waals surface area contributed by atoms with E-state index in [2.05, 4.69) is 41.0 Å². The summed E-state index contributed by atoms with van der Waals surface area (Å²) in [5.41, 5.74) is 0.214. The first-order valence-corrected chi connectivity index (χ1v) is 6.38. The van der Waals surface area contributed by atoms with Crippen LogP contribution >= 0.6 is 0 Å². The van der Waals surface area contributed by atoms with Crippen molar-refractivity contribution < 1.29 is 0 Å². The number of aromatic nitrogens is 2. The Kier molecular flexibility index (Phi) is 3.74. The molecule has 0 amide bonds. The molecular formula is C13H22N4. The second-order valence-corrected chi connectivity index (χ2v) is 5.18. The van der Waals surface area contributed by atoms with Gasteiger partial charge in [0.1, 0.15) is 5.82 Å². The normalized spacial score (nSPS) is 30.4. The molecule has 2 atom stereocenters. The van der Waals surface area contributed by atoms with Gasteiger partial charge in [-0.3, -0.25) is 4.90 Å². The Morgan fingerprint density at radius 3 is 2.82 bits per heavy atom. The predicted octanol–water partition coefficient (Wildman–Crippen LogP) is 1.44. The van der Waals surface area contributed by atoms with E-state index in [4.69, 9.17) is 0 Å². The van der Waals surface area contributed by atoms with Crippen LogP contribution in [0, 0.1) is 0 Å². The van der Waals surface area contributed by atoms with E-state index in [0.29, 0.717) is 6.04 Å². The fourth-order valence-corrected chi connectivity index (χ4v) is 2.31. The number of piperazine rings is 1. The molecule has 0 saturated carbocycles. The van der Waals surface area contributed by atoms with Crippen LogP contribution in [0.15, 0.2) is 18.5 Å². The van der Waals surface area contributed by atoms with Crippen molar-refractivity contribution in [2.24, 2.45) is 0 Å². The smallest absolute Gasteiger partial charge is 0.142 e. The summed E-state index contributed by atoms with van der Waals surface area (Å²) in [6.07, 6.45) is 4.77. The number of hydrogen-bond donors (Lipinski definition) is 1. The highest BCUT2D eigenvalue weighted by Gasteiger charge is 2.35. The van der Waals surface area contributed by atoms with E-state index in [1.54, 1.807) is 0 Å². The summed E-state index contributed by atoms with van der Waals surface area (Å²) < 4.78 is 0. The highest BCUT2D eigenvalue weighted by Crippen LogP contribution is 2.24. The zero-order valence-corrected chi connectivity index (χ0v) is 11.0. The van der Waals surface area contributed by atoms with Gasteiger partial charge in [-0.2, -0.15) is 0 Å². The van der Waals surface area contributed by atoms with Gasteiger partial charge in [0.05, 0.1) is 6.54 Å². The molecule has 1 aromatic heterocycles. The second kappa shape index (κ2) is 5.10. The lowest BCUT2D eigenvalue weighted by molar-refractivity contribution is 0.0430. The molecule has 4 heteroatoms. The third-order valence-electron chi connectivity index (χ3n) is 3.80. The lowest BCUT2D eigenvalue weighted by atomic mass is 9.92. The van der Waals surface area contributed by atoms with Crippen LogP contribution in [-0.4, -0.2) is 39.5 Å². The molecule has 1 N–H and O–H groups in total. The lowest BCUT2D eigenvalue weighted by Gasteiger charge is -2.47. The Hall–Kier alpha value is -1.00. The minimum atomic E-state index is 0.214. The molecule has 1 aromatic rings. The summed E-state index contributed by atoms with van der Waals surface area (Å²) in [6, 6.07) is 2.40. The van der Waals surface area contributed by atoms with Crippen molar-refractivity contribution in [1.29, 1.82) is 0 Å². The van der Waals surface area contributed by atoms with Crippen molar-refractivity contribution in [3.63, 3.8) is 0 Å². The van der Waals surface area contributed by atoms with Gasteiger partial charge >= 0.3 is 0 Å². The van der Waals surface area contributed by atoms with Crippen molar-refractivity contribution in [3.05, 3.63) is 24.3 Å². The Labute approximate surface area is 103 Å². The Balaban J connectivity index is 2.11. The highest BCUT2D eigenvalue weighted by molar-refractivity contribution is 4.97. The van der Waals surface area contributed by atoms with E-state index in [-0.39, 0.29) is 5.54 Å². The van der Waals surface area contributed by atoms with Gasteiger partial charge in [0.2, 0.25) is 0 Å². The Bertz CT molecular complexity index is 354. The first-order valence-electron chi connectivity index (χ1n) is 6.38. The molecule has 0 radical (unpaired) electrons. The van der Waals surface area contributed by atoms with Gasteiger partial charge in [-0.1, -0.05) is 6.92 Å². The number of rotatable bonds is 3. The van der Waals surface area contributed by atoms with Crippen molar-refractivity contribution in [1.82, 2.24) is 20.2 Å². The van der Waals surface area contributed by atoms with Crippen LogP contribution in [0.25, 0.3) is 0 Å². The average Bonchev–Trinajstić information content (AvgIpc) is 2.35. The number of nitrogens with zero attached hydrogens (tertiary/aromatic N) is 3. The molecule has 2 rings (SSSR count). The standard InChI is InChI=1S/C13H22N4/c1-4-13(3)10-16-11(2)8-17(13)9-12-14-6-5-7-15-12/h5-7,11,16H,4,8-10H2,1-3H3. The fraction of sp³-hybridized carbons (Fsp3) is 0.692. The van der Waals surface area contributed by atoms with Crippen LogP contribution in [0.5, 0.6) is 0 Å². The molecule has 1 aliphatic heterocycles. The van der Waals surface area contributed by atoms with Crippen LogP contribution in [-0.2, 0) is 6.54 Å². The minimum absolute atomic E-state index is 0.214. The Morgan fingerprint density at radius 2 is 2.18 bits per heavy atom. The summed E-state index contributed by atoms with van der Waals surface area (Å²) in [4.78, 5) is 11.2. The van der Waals surface area contributed by atoms with E-state index in [0.717, 1.165) is 31.9 Å². The van der Waals surface area contributed by atoms with E-state index >= 15 is 0 Å². The average molecular weight is 234 g/mol. The molecule has 1 saturated heterocycles. The zero-order chi connectivity index (χ0) is 12.3. The first kappa shape index (κ1) is 12.5. The summed E-state index contributed by atoms with van der Waals surface area (Å²) in [5.74, 6) is 0.918. The molecule has 2 heterocycles. The number of hydrogen-bond acceptors (Lipinski definition) is 4. The molecule has 2 unspecified atom stereocenters. The van der Waals surface area contributed by atoms with E-state index in [1.807, 2.05) is 18.5 Å². The molecular weight excluding hydrogens is 212 g/mol. The van der Waals surface area contributed by atoms with Crippen LogP contribution in [0.4, 0.5) is 0 Å². The largest absolute Gasteiger partial charge is 0.311 e. The summed E-state index contributed by atoms with van der Waals surface area (Å²) in [6.45, 7) is 9.73. The summed E-state index contributed by atoms with van der Waals surface area (Å²) in [7, 11) is 0. The van der Waals surface area contributed by atoms with Crippen LogP contribution in [0.3, 0.4) is 0 Å². The molecule has 1 aliphatic rings. The zero-order valence-electron chi connectivity index (χ0n) is 11.0. The summed E-state index contributed by atoms with van der Waals surface area (Å²) >= 11 is 0. The van der Waals surface area contributed by atoms with Gasteiger partial charge in [0.25, 0.3) is 0 Å². The van der Waals surface area contributed by atoms with Gasteiger partial charge in [-0.15, -0.1) is 0 Å². The maximum absolute atomic E-state index is 4.32. The molecule has 94 valence electrons. The van der Waals surface area contributed by atoms with Gasteiger partial charge < -0.3 is 5.32 Å². The summed E-state index contributed by atoms with van der Waals surface area (Å²) in [5, 5.41) is 3.56. The van der Waals surface area contributed by atoms with Gasteiger partial charge in [0.15, 0.2) is 0 Å². The minimum Gasteiger partial charge on any atom is -0.311 e. The monoisotopic (exact) mass is 234 g/mol. The van der Waals surface area contributed by atoms with E-state index in [1.165, 1.54) is 0 Å². The SMILES string of the molecule is CCC1(C)CNC(C)CN1Cc1ncccn1. The molecule has 0 aliphatic carbocycles. The van der Waals surface area contributed by atoms with E-state index < -0.39 is 0 Å². The van der Waals surface area contributed by atoms with Gasteiger partial charge in [-0.25, -0.2) is 9.97 Å². The second-order valence-electron chi connectivity index (χ2n) is 5.18. The van der Waals surface area contributed by atoms with E-state index in [9.17, 15) is 0 Å². The quantitative estimate of drug-likeness (QED) is 0.859. The maximum Gasteiger partial charge on any atom is 0.142 e. The van der Waals surface area contributed by atoms with Gasteiger partial charge in [0, 0.05) is 37.1 Å². The van der Waals surface area contributed by atoms with Crippen molar-refractivity contribution in [2.45, 2.75) is 45.3 Å². The third kappa shape index (κ3) is 2.82. The van der Waals surface area contributed by atoms with Crippen molar-refractivity contribution >= 4 is 0 Å². The van der Waals surface area contributed by atoms with Gasteiger partial charge in [-0.05, 0) is 26.3 Å². The van der Waals surface area contributed by atoms with Crippen molar-refractivity contribution in [3.8, 4) is 0 Å². The molecule has 4 nitrogen and oxygen atoms in total. The molecule has 0 bridgehead atoms. The third-order valence-corrected chi connectivity index (χ3v) is 3.80. The molecule has 17 heavy (non-hydrogen) atoms. The topological polar surface area (TPSA) is 41.0 Å². The first-order chi connectivity index (χ1) is 8.14. The van der Waals surface area contributed by atoms with Crippen LogP contribution in [0.1, 0.15) is 33.0 Å². The molecule has 0 aromatic carbocycles.